The quantitative estimate of drug-likeness (QED) is 0.177. The standard InChI is InChI=1S/C48H31N/c1-4-16-37-33(13-1)29-46(43-22-8-7-19-40(37)43)32-25-27-36(28-26-32)49(47-30-34-14-2-5-17-38(34)41-20-9-11-23-44(41)47)48-31-35-15-3-6-18-39(35)42-21-10-12-24-45(42)48/h1-31H. The molecule has 0 spiro atoms. The highest BCUT2D eigenvalue weighted by Crippen LogP contribution is 2.46. The lowest BCUT2D eigenvalue weighted by atomic mass is 9.93. The number of nitrogens with zero attached hydrogens (tertiary/aromatic N) is 1. The van der Waals surface area contributed by atoms with Crippen molar-refractivity contribution in [3.63, 3.8) is 0 Å². The minimum absolute atomic E-state index is 1.12. The van der Waals surface area contributed by atoms with E-state index < -0.39 is 0 Å². The molecule has 1 heteroatoms. The molecule has 0 aromatic heterocycles. The first kappa shape index (κ1) is 27.7. The molecule has 10 aromatic rings. The molecule has 0 N–H and O–H groups in total. The minimum Gasteiger partial charge on any atom is -0.309 e. The molecule has 0 aliphatic carbocycles. The van der Waals surface area contributed by atoms with Gasteiger partial charge in [0, 0.05) is 16.5 Å². The lowest BCUT2D eigenvalue weighted by molar-refractivity contribution is 1.32. The summed E-state index contributed by atoms with van der Waals surface area (Å²) in [6, 6.07) is 68.9. The Morgan fingerprint density at radius 3 is 1.08 bits per heavy atom. The van der Waals surface area contributed by atoms with Crippen molar-refractivity contribution >= 4 is 81.7 Å². The van der Waals surface area contributed by atoms with Crippen LogP contribution in [0.3, 0.4) is 0 Å². The van der Waals surface area contributed by atoms with Crippen LogP contribution >= 0.6 is 0 Å². The predicted octanol–water partition coefficient (Wildman–Crippen LogP) is 13.7. The van der Waals surface area contributed by atoms with E-state index in [1.165, 1.54) is 87.1 Å². The van der Waals surface area contributed by atoms with Gasteiger partial charge in [-0.25, -0.2) is 0 Å². The first-order chi connectivity index (χ1) is 24.3. The molecule has 1 nitrogen and oxygen atoms in total. The molecule has 0 aliphatic rings. The number of hydrogen-bond acceptors (Lipinski definition) is 1. The molecule has 10 rings (SSSR count). The van der Waals surface area contributed by atoms with Gasteiger partial charge in [-0.2, -0.15) is 0 Å². The molecule has 0 amide bonds. The largest absolute Gasteiger partial charge is 0.309 e. The summed E-state index contributed by atoms with van der Waals surface area (Å²) in [6.07, 6.45) is 0. The smallest absolute Gasteiger partial charge is 0.0546 e. The highest BCUT2D eigenvalue weighted by molar-refractivity contribution is 6.19. The van der Waals surface area contributed by atoms with Crippen molar-refractivity contribution < 1.29 is 0 Å². The summed E-state index contributed by atoms with van der Waals surface area (Å²) in [5, 5.41) is 15.0. The molecular formula is C48H31N. The fraction of sp³-hybridized carbons (Fsp3) is 0. The number of hydrogen-bond donors (Lipinski definition) is 0. The Labute approximate surface area is 284 Å². The van der Waals surface area contributed by atoms with Gasteiger partial charge in [0.05, 0.1) is 11.4 Å². The van der Waals surface area contributed by atoms with Crippen molar-refractivity contribution in [1.82, 2.24) is 0 Å². The Morgan fingerprint density at radius 1 is 0.265 bits per heavy atom. The highest BCUT2D eigenvalue weighted by Gasteiger charge is 2.21. The molecule has 0 atom stereocenters. The lowest BCUT2D eigenvalue weighted by Crippen LogP contribution is -2.11. The van der Waals surface area contributed by atoms with E-state index in [0.29, 0.717) is 0 Å². The van der Waals surface area contributed by atoms with Gasteiger partial charge in [0.25, 0.3) is 0 Å². The molecule has 0 saturated carbocycles. The molecule has 0 unspecified atom stereocenters. The number of benzene rings is 10. The number of fused-ring (bicyclic) bond motifs is 9. The third kappa shape index (κ3) is 4.40. The first-order valence-corrected chi connectivity index (χ1v) is 16.9. The van der Waals surface area contributed by atoms with Crippen LogP contribution in [-0.2, 0) is 0 Å². The third-order valence-corrected chi connectivity index (χ3v) is 10.2. The minimum atomic E-state index is 1.12. The van der Waals surface area contributed by atoms with Gasteiger partial charge in [0.2, 0.25) is 0 Å². The molecule has 0 aliphatic heterocycles. The van der Waals surface area contributed by atoms with E-state index in [1.807, 2.05) is 0 Å². The molecule has 0 heterocycles. The van der Waals surface area contributed by atoms with Crippen molar-refractivity contribution in [3.05, 3.63) is 188 Å². The van der Waals surface area contributed by atoms with E-state index in [0.717, 1.165) is 5.69 Å². The Kier molecular flexibility index (Phi) is 6.25. The van der Waals surface area contributed by atoms with E-state index in [2.05, 4.69) is 193 Å². The average molecular weight is 622 g/mol. The second-order valence-corrected chi connectivity index (χ2v) is 12.9. The van der Waals surface area contributed by atoms with E-state index in [4.69, 9.17) is 0 Å². The topological polar surface area (TPSA) is 3.24 Å². The van der Waals surface area contributed by atoms with E-state index >= 15 is 0 Å². The zero-order valence-electron chi connectivity index (χ0n) is 26.8. The zero-order valence-corrected chi connectivity index (χ0v) is 26.8. The summed E-state index contributed by atoms with van der Waals surface area (Å²) in [7, 11) is 0. The summed E-state index contributed by atoms with van der Waals surface area (Å²) in [5.41, 5.74) is 5.91. The van der Waals surface area contributed by atoms with Crippen molar-refractivity contribution in [2.45, 2.75) is 0 Å². The zero-order chi connectivity index (χ0) is 32.3. The van der Waals surface area contributed by atoms with Crippen molar-refractivity contribution in [2.75, 3.05) is 4.90 Å². The van der Waals surface area contributed by atoms with Crippen LogP contribution in [0.1, 0.15) is 0 Å². The second kappa shape index (κ2) is 11.1. The summed E-state index contributed by atoms with van der Waals surface area (Å²) >= 11 is 0. The molecular weight excluding hydrogens is 591 g/mol. The van der Waals surface area contributed by atoms with Gasteiger partial charge < -0.3 is 4.90 Å². The predicted molar refractivity (Wildman–Crippen MR) is 212 cm³/mol. The number of anilines is 3. The van der Waals surface area contributed by atoms with Crippen LogP contribution in [0.2, 0.25) is 0 Å². The fourth-order valence-corrected chi connectivity index (χ4v) is 7.93. The summed E-state index contributed by atoms with van der Waals surface area (Å²) < 4.78 is 0. The van der Waals surface area contributed by atoms with Gasteiger partial charge >= 0.3 is 0 Å². The van der Waals surface area contributed by atoms with Crippen LogP contribution < -0.4 is 4.90 Å². The maximum Gasteiger partial charge on any atom is 0.0546 e. The van der Waals surface area contributed by atoms with Gasteiger partial charge in [-0.15, -0.1) is 0 Å². The van der Waals surface area contributed by atoms with Crippen LogP contribution in [-0.4, -0.2) is 0 Å². The van der Waals surface area contributed by atoms with Crippen LogP contribution in [0, 0.1) is 0 Å². The Bertz CT molecular complexity index is 2760. The van der Waals surface area contributed by atoms with Crippen LogP contribution in [0.15, 0.2) is 188 Å². The van der Waals surface area contributed by atoms with Gasteiger partial charge in [-0.05, 0) is 95.3 Å². The van der Waals surface area contributed by atoms with E-state index in [9.17, 15) is 0 Å². The van der Waals surface area contributed by atoms with Crippen molar-refractivity contribution in [1.29, 1.82) is 0 Å². The van der Waals surface area contributed by atoms with Crippen molar-refractivity contribution in [3.8, 4) is 11.1 Å². The molecule has 0 saturated heterocycles. The summed E-state index contributed by atoms with van der Waals surface area (Å²) in [4.78, 5) is 2.48. The third-order valence-electron chi connectivity index (χ3n) is 10.2. The maximum atomic E-state index is 2.48. The summed E-state index contributed by atoms with van der Waals surface area (Å²) in [5.74, 6) is 0. The monoisotopic (exact) mass is 621 g/mol. The van der Waals surface area contributed by atoms with Gasteiger partial charge in [-0.1, -0.05) is 158 Å². The molecule has 0 fully saturated rings. The average Bonchev–Trinajstić information content (AvgIpc) is 3.18. The normalized spacial score (nSPS) is 11.7. The Morgan fingerprint density at radius 2 is 0.612 bits per heavy atom. The lowest BCUT2D eigenvalue weighted by Gasteiger charge is -2.29. The van der Waals surface area contributed by atoms with Crippen LogP contribution in [0.5, 0.6) is 0 Å². The van der Waals surface area contributed by atoms with E-state index in [-0.39, 0.29) is 0 Å². The van der Waals surface area contributed by atoms with Gasteiger partial charge in [0.15, 0.2) is 0 Å². The second-order valence-electron chi connectivity index (χ2n) is 12.9. The number of rotatable bonds is 4. The summed E-state index contributed by atoms with van der Waals surface area (Å²) in [6.45, 7) is 0. The van der Waals surface area contributed by atoms with Gasteiger partial charge in [-0.3, -0.25) is 0 Å². The van der Waals surface area contributed by atoms with E-state index in [1.54, 1.807) is 0 Å². The molecule has 0 radical (unpaired) electrons. The van der Waals surface area contributed by atoms with Crippen LogP contribution in [0.25, 0.3) is 75.8 Å². The Balaban J connectivity index is 1.25. The highest BCUT2D eigenvalue weighted by atomic mass is 15.1. The molecule has 0 bridgehead atoms. The maximum absolute atomic E-state index is 2.48. The Hall–Kier alpha value is -6.44. The van der Waals surface area contributed by atoms with Gasteiger partial charge in [0.1, 0.15) is 0 Å². The molecule has 10 aromatic carbocycles. The SMILES string of the molecule is c1ccc2c(c1)cc(-c1ccc(N(c3cc4ccccc4c4ccccc34)c3cc4ccccc4c4ccccc34)cc1)c1ccccc12. The van der Waals surface area contributed by atoms with Crippen LogP contribution in [0.4, 0.5) is 17.1 Å². The molecule has 49 heavy (non-hydrogen) atoms. The fourth-order valence-electron chi connectivity index (χ4n) is 7.93. The molecule has 228 valence electrons. The van der Waals surface area contributed by atoms with Crippen molar-refractivity contribution in [2.24, 2.45) is 0 Å². The first-order valence-electron chi connectivity index (χ1n) is 16.9.